The molecule has 0 unspecified atom stereocenters. The van der Waals surface area contributed by atoms with Gasteiger partial charge in [-0.05, 0) is 50.9 Å². The lowest BCUT2D eigenvalue weighted by Crippen LogP contribution is -2.45. The van der Waals surface area contributed by atoms with Gasteiger partial charge in [-0.25, -0.2) is 0 Å². The fourth-order valence-corrected chi connectivity index (χ4v) is 4.69. The van der Waals surface area contributed by atoms with E-state index in [9.17, 15) is 13.2 Å². The van der Waals surface area contributed by atoms with E-state index >= 15 is 0 Å². The van der Waals surface area contributed by atoms with Crippen LogP contribution in [0.2, 0.25) is 0 Å². The third kappa shape index (κ3) is 5.41. The number of rotatable bonds is 4. The van der Waals surface area contributed by atoms with Crippen LogP contribution in [0.15, 0.2) is 78.9 Å². The van der Waals surface area contributed by atoms with Gasteiger partial charge < -0.3 is 10.1 Å². The minimum Gasteiger partial charge on any atom is -0.406 e. The number of ether oxygens (including phenoxy) is 1. The second-order valence-electron chi connectivity index (χ2n) is 8.04. The van der Waals surface area contributed by atoms with Gasteiger partial charge in [0.15, 0.2) is 0 Å². The van der Waals surface area contributed by atoms with Crippen LogP contribution >= 0.6 is 24.8 Å². The van der Waals surface area contributed by atoms with E-state index in [4.69, 9.17) is 0 Å². The Hall–Kier alpha value is -2.51. The second kappa shape index (κ2) is 10.8. The quantitative estimate of drug-likeness (QED) is 0.309. The van der Waals surface area contributed by atoms with Gasteiger partial charge in [0.05, 0.1) is 6.04 Å². The zero-order valence-electron chi connectivity index (χ0n) is 18.2. The highest BCUT2D eigenvalue weighted by Crippen LogP contribution is 2.38. The van der Waals surface area contributed by atoms with Crippen molar-refractivity contribution in [3.8, 4) is 5.75 Å². The summed E-state index contributed by atoms with van der Waals surface area (Å²) in [5, 5.41) is 8.07. The summed E-state index contributed by atoms with van der Waals surface area (Å²) in [7, 11) is 0. The highest BCUT2D eigenvalue weighted by molar-refractivity contribution is 6.09. The molecule has 1 heterocycles. The number of hydrogen-bond donors (Lipinski definition) is 1. The third-order valence-corrected chi connectivity index (χ3v) is 6.04. The molecule has 0 bridgehead atoms. The molecule has 1 atom stereocenters. The van der Waals surface area contributed by atoms with Crippen LogP contribution < -0.4 is 10.1 Å². The monoisotopic (exact) mass is 508 g/mol. The van der Waals surface area contributed by atoms with Gasteiger partial charge >= 0.3 is 6.36 Å². The molecule has 3 nitrogen and oxygen atoms in total. The SMILES string of the molecule is Cl.Cl.FC(F)(F)Oc1ccc([C@@H](c2cc3ccccc3c3ccccc23)N2CCNCC2)cc1. The third-order valence-electron chi connectivity index (χ3n) is 6.04. The van der Waals surface area contributed by atoms with Crippen molar-refractivity contribution in [3.63, 3.8) is 0 Å². The van der Waals surface area contributed by atoms with Gasteiger partial charge in [0, 0.05) is 26.2 Å². The van der Waals surface area contributed by atoms with E-state index in [1.54, 1.807) is 12.1 Å². The summed E-state index contributed by atoms with van der Waals surface area (Å²) < 4.78 is 42.0. The number of halogens is 5. The average Bonchev–Trinajstić information content (AvgIpc) is 2.80. The molecule has 0 saturated carbocycles. The Kier molecular flexibility index (Phi) is 8.31. The van der Waals surface area contributed by atoms with Crippen LogP contribution in [0.3, 0.4) is 0 Å². The maximum absolute atomic E-state index is 12.6. The largest absolute Gasteiger partial charge is 0.573 e. The van der Waals surface area contributed by atoms with Crippen LogP contribution in [0.1, 0.15) is 17.2 Å². The summed E-state index contributed by atoms with van der Waals surface area (Å²) in [6.45, 7) is 3.45. The first-order chi connectivity index (χ1) is 15.5. The first-order valence-electron chi connectivity index (χ1n) is 10.7. The highest BCUT2D eigenvalue weighted by Gasteiger charge is 2.31. The zero-order valence-corrected chi connectivity index (χ0v) is 19.9. The summed E-state index contributed by atoms with van der Waals surface area (Å²) in [4.78, 5) is 2.40. The lowest BCUT2D eigenvalue weighted by Gasteiger charge is -2.36. The van der Waals surface area contributed by atoms with Crippen LogP contribution in [0, 0.1) is 0 Å². The number of piperazine rings is 1. The Balaban J connectivity index is 0.00000162. The Bertz CT molecular complexity index is 1240. The van der Waals surface area contributed by atoms with E-state index in [0.717, 1.165) is 48.1 Å². The van der Waals surface area contributed by atoms with E-state index in [-0.39, 0.29) is 36.6 Å². The molecular weight excluding hydrogens is 484 g/mol. The Labute approximate surface area is 208 Å². The molecule has 0 radical (unpaired) electrons. The first-order valence-corrected chi connectivity index (χ1v) is 10.7. The molecule has 1 saturated heterocycles. The van der Waals surface area contributed by atoms with Crippen molar-refractivity contribution >= 4 is 46.4 Å². The molecule has 4 aromatic carbocycles. The molecule has 0 amide bonds. The molecule has 1 fully saturated rings. The second-order valence-corrected chi connectivity index (χ2v) is 8.04. The maximum atomic E-state index is 12.6. The lowest BCUT2D eigenvalue weighted by atomic mass is 9.89. The number of benzene rings is 4. The van der Waals surface area contributed by atoms with Crippen LogP contribution in [-0.4, -0.2) is 37.4 Å². The number of fused-ring (bicyclic) bond motifs is 3. The van der Waals surface area contributed by atoms with E-state index in [2.05, 4.69) is 45.3 Å². The summed E-state index contributed by atoms with van der Waals surface area (Å²) in [5.41, 5.74) is 2.10. The topological polar surface area (TPSA) is 24.5 Å². The predicted molar refractivity (Wildman–Crippen MR) is 135 cm³/mol. The van der Waals surface area contributed by atoms with E-state index < -0.39 is 6.36 Å². The number of nitrogens with zero attached hydrogens (tertiary/aromatic N) is 1. The lowest BCUT2D eigenvalue weighted by molar-refractivity contribution is -0.274. The number of alkyl halides is 3. The smallest absolute Gasteiger partial charge is 0.406 e. The summed E-state index contributed by atoms with van der Waals surface area (Å²) in [6.07, 6.45) is -4.70. The van der Waals surface area contributed by atoms with E-state index in [1.807, 2.05) is 24.3 Å². The van der Waals surface area contributed by atoms with Crippen molar-refractivity contribution in [2.45, 2.75) is 12.4 Å². The van der Waals surface area contributed by atoms with Crippen molar-refractivity contribution in [2.24, 2.45) is 0 Å². The fraction of sp³-hybridized carbons (Fsp3) is 0.231. The van der Waals surface area contributed by atoms with Crippen molar-refractivity contribution in [3.05, 3.63) is 90.0 Å². The molecule has 1 N–H and O–H groups in total. The Morgan fingerprint density at radius 1 is 0.765 bits per heavy atom. The normalized spacial score (nSPS) is 15.4. The number of nitrogens with one attached hydrogen (secondary N) is 1. The van der Waals surface area contributed by atoms with Gasteiger partial charge in [0.25, 0.3) is 0 Å². The van der Waals surface area contributed by atoms with Crippen LogP contribution in [-0.2, 0) is 0 Å². The van der Waals surface area contributed by atoms with Gasteiger partial charge in [-0.1, -0.05) is 60.7 Å². The van der Waals surface area contributed by atoms with Gasteiger partial charge in [0.1, 0.15) is 5.75 Å². The van der Waals surface area contributed by atoms with E-state index in [1.165, 1.54) is 22.9 Å². The molecule has 1 aliphatic rings. The first kappa shape index (κ1) is 26.1. The molecule has 5 rings (SSSR count). The summed E-state index contributed by atoms with van der Waals surface area (Å²) in [5.74, 6) is -0.205. The zero-order chi connectivity index (χ0) is 22.1. The summed E-state index contributed by atoms with van der Waals surface area (Å²) in [6, 6.07) is 25.1. The molecule has 4 aromatic rings. The van der Waals surface area contributed by atoms with Crippen LogP contribution in [0.25, 0.3) is 21.5 Å². The Morgan fingerprint density at radius 3 is 2.00 bits per heavy atom. The predicted octanol–water partition coefficient (Wildman–Crippen LogP) is 6.73. The minimum absolute atomic E-state index is 0. The van der Waals surface area contributed by atoms with Crippen LogP contribution in [0.5, 0.6) is 5.75 Å². The standard InChI is InChI=1S/C26H23F3N2O.2ClH/c27-26(28,29)32-20-11-9-18(10-12-20)25(31-15-13-30-14-16-31)24-17-19-5-1-2-6-21(19)22-7-3-4-8-23(22)24;;/h1-12,17,25,30H,13-16H2;2*1H/t25-;;/m0../s1. The van der Waals surface area contributed by atoms with Gasteiger partial charge in [-0.15, -0.1) is 38.0 Å². The number of hydrogen-bond acceptors (Lipinski definition) is 3. The van der Waals surface area contributed by atoms with E-state index in [0.29, 0.717) is 0 Å². The molecule has 0 aliphatic carbocycles. The maximum Gasteiger partial charge on any atom is 0.573 e. The molecular formula is C26H25Cl2F3N2O. The molecule has 8 heteroatoms. The fourth-order valence-electron chi connectivity index (χ4n) is 4.69. The van der Waals surface area contributed by atoms with Gasteiger partial charge in [-0.2, -0.15) is 0 Å². The van der Waals surface area contributed by atoms with Gasteiger partial charge in [0.2, 0.25) is 0 Å². The van der Waals surface area contributed by atoms with Crippen LogP contribution in [0.4, 0.5) is 13.2 Å². The van der Waals surface area contributed by atoms with Crippen molar-refractivity contribution < 1.29 is 17.9 Å². The Morgan fingerprint density at radius 2 is 1.35 bits per heavy atom. The molecule has 180 valence electrons. The summed E-state index contributed by atoms with van der Waals surface area (Å²) >= 11 is 0. The molecule has 34 heavy (non-hydrogen) atoms. The average molecular weight is 509 g/mol. The van der Waals surface area contributed by atoms with Crippen molar-refractivity contribution in [1.82, 2.24) is 10.2 Å². The van der Waals surface area contributed by atoms with Gasteiger partial charge in [-0.3, -0.25) is 4.90 Å². The minimum atomic E-state index is -4.70. The van der Waals surface area contributed by atoms with Crippen molar-refractivity contribution in [2.75, 3.05) is 26.2 Å². The van der Waals surface area contributed by atoms with Crippen molar-refractivity contribution in [1.29, 1.82) is 0 Å². The molecule has 1 aliphatic heterocycles. The molecule has 0 spiro atoms. The highest BCUT2D eigenvalue weighted by atomic mass is 35.5. The molecule has 0 aromatic heterocycles.